The Bertz CT molecular complexity index is 1450. The number of ether oxygens (including phenoxy) is 1. The zero-order chi connectivity index (χ0) is 28.4. The minimum Gasteiger partial charge on any atom is -0.495 e. The van der Waals surface area contributed by atoms with Gasteiger partial charge in [-0.3, -0.25) is 19.4 Å². The van der Waals surface area contributed by atoms with E-state index in [2.05, 4.69) is 27.9 Å². The molecular weight excluding hydrogens is 627 g/mol. The first-order valence-corrected chi connectivity index (χ1v) is 13.7. The third-order valence-electron chi connectivity index (χ3n) is 7.15. The van der Waals surface area contributed by atoms with Gasteiger partial charge in [0, 0.05) is 29.0 Å². The number of carbonyl (C=O) groups is 4. The molecule has 0 bridgehead atoms. The van der Waals surface area contributed by atoms with E-state index < -0.39 is 30.5 Å². The highest BCUT2D eigenvalue weighted by molar-refractivity contribution is 14.1. The first-order chi connectivity index (χ1) is 19.3. The van der Waals surface area contributed by atoms with Gasteiger partial charge in [0.05, 0.1) is 12.8 Å². The number of nitrogens with one attached hydrogen (secondary N) is 1. The Balaban J connectivity index is 1.26. The Kier molecular flexibility index (Phi) is 7.92. The lowest BCUT2D eigenvalue weighted by Gasteiger charge is -2.35. The number of hydrogen-bond acceptors (Lipinski definition) is 5. The number of halogens is 1. The average Bonchev–Trinajstić information content (AvgIpc) is 3.26. The fourth-order valence-corrected chi connectivity index (χ4v) is 5.70. The van der Waals surface area contributed by atoms with Crippen molar-refractivity contribution in [3.63, 3.8) is 0 Å². The number of carboxylic acid groups (broad SMARTS) is 1. The van der Waals surface area contributed by atoms with E-state index in [0.717, 1.165) is 35.6 Å². The zero-order valence-corrected chi connectivity index (χ0v) is 23.8. The largest absolute Gasteiger partial charge is 0.495 e. The van der Waals surface area contributed by atoms with Crippen molar-refractivity contribution < 1.29 is 29.0 Å². The van der Waals surface area contributed by atoms with Gasteiger partial charge < -0.3 is 15.2 Å². The molecule has 0 saturated carbocycles. The Morgan fingerprint density at radius 3 is 2.33 bits per heavy atom. The van der Waals surface area contributed by atoms with Crippen LogP contribution in [0.15, 0.2) is 66.7 Å². The summed E-state index contributed by atoms with van der Waals surface area (Å²) in [5.41, 5.74) is 4.64. The third-order valence-corrected chi connectivity index (χ3v) is 7.82. The summed E-state index contributed by atoms with van der Waals surface area (Å²) in [6.45, 7) is -0.559. The molecule has 0 atom stereocenters. The molecule has 0 radical (unpaired) electrons. The van der Waals surface area contributed by atoms with Crippen LogP contribution < -0.4 is 15.0 Å². The third kappa shape index (κ3) is 5.33. The Morgan fingerprint density at radius 1 is 1.05 bits per heavy atom. The van der Waals surface area contributed by atoms with E-state index in [1.54, 1.807) is 12.1 Å². The number of nitrogens with zero attached hydrogens (tertiary/aromatic N) is 3. The summed E-state index contributed by atoms with van der Waals surface area (Å²) in [5, 5.41) is 12.5. The van der Waals surface area contributed by atoms with E-state index in [-0.39, 0.29) is 32.1 Å². The molecule has 1 fully saturated rings. The lowest BCUT2D eigenvalue weighted by atomic mass is 9.96. The van der Waals surface area contributed by atoms with Crippen LogP contribution in [-0.4, -0.2) is 72.3 Å². The van der Waals surface area contributed by atoms with Crippen LogP contribution in [0, 0.1) is 3.57 Å². The van der Waals surface area contributed by atoms with Crippen LogP contribution in [0.1, 0.15) is 23.5 Å². The Labute approximate surface area is 244 Å². The summed E-state index contributed by atoms with van der Waals surface area (Å²) < 4.78 is 6.28. The fraction of sp³-hybridized carbons (Fsp3) is 0.241. The van der Waals surface area contributed by atoms with Gasteiger partial charge in [-0.1, -0.05) is 48.5 Å². The number of anilines is 1. The van der Waals surface area contributed by atoms with Crippen LogP contribution in [0.2, 0.25) is 0 Å². The second kappa shape index (κ2) is 11.5. The molecule has 2 N–H and O–H groups in total. The second-order valence-electron chi connectivity index (χ2n) is 9.47. The smallest absolute Gasteiger partial charge is 0.407 e. The van der Waals surface area contributed by atoms with Gasteiger partial charge in [-0.2, -0.15) is 0 Å². The van der Waals surface area contributed by atoms with Crippen molar-refractivity contribution in [3.05, 3.63) is 81.4 Å². The molecule has 1 aliphatic heterocycles. The fourth-order valence-electron chi connectivity index (χ4n) is 5.23. The number of rotatable bonds is 8. The van der Waals surface area contributed by atoms with E-state index in [9.17, 15) is 24.3 Å². The van der Waals surface area contributed by atoms with Crippen LogP contribution in [0.3, 0.4) is 0 Å². The van der Waals surface area contributed by atoms with Crippen molar-refractivity contribution >= 4 is 52.2 Å². The highest BCUT2D eigenvalue weighted by Crippen LogP contribution is 2.44. The maximum absolute atomic E-state index is 13.2. The summed E-state index contributed by atoms with van der Waals surface area (Å²) in [4.78, 5) is 54.3. The van der Waals surface area contributed by atoms with Crippen molar-refractivity contribution in [1.82, 2.24) is 15.1 Å². The maximum Gasteiger partial charge on any atom is 0.407 e. The molecule has 0 aromatic heterocycles. The van der Waals surface area contributed by atoms with Crippen molar-refractivity contribution in [2.75, 3.05) is 38.3 Å². The molecule has 3 aromatic rings. The molecule has 1 saturated heterocycles. The number of fused-ring (bicyclic) bond motifs is 3. The molecule has 10 nitrogen and oxygen atoms in total. The van der Waals surface area contributed by atoms with Crippen molar-refractivity contribution in [2.24, 2.45) is 0 Å². The molecule has 11 heteroatoms. The molecule has 0 unspecified atom stereocenters. The summed E-state index contributed by atoms with van der Waals surface area (Å²) >= 11 is 2.13. The van der Waals surface area contributed by atoms with Crippen LogP contribution in [-0.2, 0) is 9.59 Å². The topological polar surface area (TPSA) is 119 Å². The minimum absolute atomic E-state index is 0.0674. The minimum atomic E-state index is -1.24. The van der Waals surface area contributed by atoms with Crippen LogP contribution in [0.4, 0.5) is 15.3 Å². The number of benzene rings is 3. The van der Waals surface area contributed by atoms with Crippen molar-refractivity contribution in [3.8, 4) is 16.9 Å². The number of hydrogen-bond donors (Lipinski definition) is 2. The number of urea groups is 1. The normalized spacial score (nSPS) is 14.6. The van der Waals surface area contributed by atoms with Gasteiger partial charge in [0.15, 0.2) is 0 Å². The first-order valence-electron chi connectivity index (χ1n) is 12.7. The summed E-state index contributed by atoms with van der Waals surface area (Å²) in [7, 11) is 1.50. The number of amides is 5. The summed E-state index contributed by atoms with van der Waals surface area (Å²) in [5.74, 6) is -0.787. The van der Waals surface area contributed by atoms with E-state index in [1.807, 2.05) is 54.6 Å². The van der Waals surface area contributed by atoms with Gasteiger partial charge in [0.1, 0.15) is 19.0 Å². The molecule has 40 heavy (non-hydrogen) atoms. The highest BCUT2D eigenvalue weighted by atomic mass is 127. The van der Waals surface area contributed by atoms with Gasteiger partial charge in [0.2, 0.25) is 11.8 Å². The summed E-state index contributed by atoms with van der Waals surface area (Å²) in [6, 6.07) is 20.5. The quantitative estimate of drug-likeness (QED) is 0.350. The monoisotopic (exact) mass is 654 g/mol. The molecular formula is C29H27IN4O6. The molecule has 1 aliphatic carbocycles. The molecule has 3 aromatic carbocycles. The van der Waals surface area contributed by atoms with Crippen molar-refractivity contribution in [2.45, 2.75) is 12.3 Å². The summed E-state index contributed by atoms with van der Waals surface area (Å²) in [6.07, 6.45) is -1.17. The van der Waals surface area contributed by atoms with Gasteiger partial charge in [-0.05, 0) is 63.0 Å². The van der Waals surface area contributed by atoms with Gasteiger partial charge in [-0.15, -0.1) is 0 Å². The van der Waals surface area contributed by atoms with E-state index in [4.69, 9.17) is 4.74 Å². The maximum atomic E-state index is 13.2. The SMILES string of the molecule is COc1ccc(I)cc1N1CCC(=O)N(CNC(=O)CN(CC2c3ccccc3-c3ccccc32)C(=O)O)C1=O. The predicted octanol–water partition coefficient (Wildman–Crippen LogP) is 4.32. The first kappa shape index (κ1) is 27.4. The molecule has 0 spiro atoms. The average molecular weight is 654 g/mol. The Hall–Kier alpha value is -4.13. The highest BCUT2D eigenvalue weighted by Gasteiger charge is 2.35. The van der Waals surface area contributed by atoms with Gasteiger partial charge in [-0.25, -0.2) is 14.5 Å². The molecule has 2 aliphatic rings. The number of methoxy groups -OCH3 is 1. The molecule has 1 heterocycles. The number of imide groups is 1. The lowest BCUT2D eigenvalue weighted by molar-refractivity contribution is -0.130. The zero-order valence-electron chi connectivity index (χ0n) is 21.7. The lowest BCUT2D eigenvalue weighted by Crippen LogP contribution is -2.56. The Morgan fingerprint density at radius 2 is 1.70 bits per heavy atom. The van der Waals surface area contributed by atoms with E-state index in [1.165, 1.54) is 12.0 Å². The van der Waals surface area contributed by atoms with Gasteiger partial charge in [0.25, 0.3) is 0 Å². The van der Waals surface area contributed by atoms with E-state index >= 15 is 0 Å². The molecule has 5 rings (SSSR count). The van der Waals surface area contributed by atoms with Crippen LogP contribution in [0.5, 0.6) is 5.75 Å². The van der Waals surface area contributed by atoms with Crippen molar-refractivity contribution in [1.29, 1.82) is 0 Å². The van der Waals surface area contributed by atoms with Gasteiger partial charge >= 0.3 is 12.1 Å². The molecule has 5 amide bonds. The standard InChI is InChI=1S/C29H27IN4O6/c1-40-25-11-10-18(30)14-24(25)33-13-12-27(36)34(28(33)37)17-31-26(35)16-32(29(38)39)15-23-21-8-4-2-6-19(21)20-7-3-5-9-22(20)23/h2-11,14,23H,12-13,15-17H2,1H3,(H,31,35)(H,38,39). The predicted molar refractivity (Wildman–Crippen MR) is 156 cm³/mol. The van der Waals surface area contributed by atoms with Crippen LogP contribution in [0.25, 0.3) is 11.1 Å². The van der Waals surface area contributed by atoms with E-state index in [0.29, 0.717) is 11.4 Å². The number of carbonyl (C=O) groups excluding carboxylic acids is 3. The molecule has 206 valence electrons. The second-order valence-corrected chi connectivity index (χ2v) is 10.7. The van der Waals surface area contributed by atoms with Crippen LogP contribution >= 0.6 is 22.6 Å².